The van der Waals surface area contributed by atoms with Gasteiger partial charge < -0.3 is 0 Å². The summed E-state index contributed by atoms with van der Waals surface area (Å²) in [6.45, 7) is 5.91. The number of aryl methyl sites for hydroxylation is 2. The first kappa shape index (κ1) is 20.1. The number of carbonyl (C=O) groups excluding carboxylic acids is 1. The van der Waals surface area contributed by atoms with E-state index in [1.54, 1.807) is 24.3 Å². The van der Waals surface area contributed by atoms with Gasteiger partial charge in [0, 0.05) is 0 Å². The summed E-state index contributed by atoms with van der Waals surface area (Å²) in [6, 6.07) is 14.2. The molecule has 0 aromatic heterocycles. The predicted molar refractivity (Wildman–Crippen MR) is 114 cm³/mol. The van der Waals surface area contributed by atoms with Crippen LogP contribution in [0.15, 0.2) is 53.4 Å². The van der Waals surface area contributed by atoms with Crippen molar-refractivity contribution in [3.8, 4) is 0 Å². The van der Waals surface area contributed by atoms with Crippen LogP contribution in [0, 0.1) is 25.2 Å². The van der Waals surface area contributed by atoms with Crippen molar-refractivity contribution in [1.82, 2.24) is 4.31 Å². The van der Waals surface area contributed by atoms with Gasteiger partial charge in [0.2, 0.25) is 5.91 Å². The standard InChI is InChI=1S/C24H29NO3S/c1-17-9-13-19(14-10-17)22-24(3,20-7-5-4-6-8-20)23(26)25(22)29(27,28)21-15-11-18(2)12-16-21/h9-16,20,22H,4-8H2,1-3H3/t22-,24-/m1/s1. The van der Waals surface area contributed by atoms with E-state index in [0.717, 1.165) is 46.7 Å². The van der Waals surface area contributed by atoms with Crippen molar-refractivity contribution in [2.75, 3.05) is 0 Å². The summed E-state index contributed by atoms with van der Waals surface area (Å²) in [7, 11) is -3.90. The van der Waals surface area contributed by atoms with Crippen molar-refractivity contribution >= 4 is 15.9 Å². The average molecular weight is 412 g/mol. The monoisotopic (exact) mass is 411 g/mol. The Hall–Kier alpha value is -2.14. The molecule has 1 heterocycles. The number of hydrogen-bond acceptors (Lipinski definition) is 3. The zero-order valence-electron chi connectivity index (χ0n) is 17.4. The van der Waals surface area contributed by atoms with Gasteiger partial charge in [-0.15, -0.1) is 0 Å². The molecular weight excluding hydrogens is 382 g/mol. The summed E-state index contributed by atoms with van der Waals surface area (Å²) < 4.78 is 28.1. The lowest BCUT2D eigenvalue weighted by atomic mass is 9.59. The number of nitrogens with zero attached hydrogens (tertiary/aromatic N) is 1. The predicted octanol–water partition coefficient (Wildman–Crippen LogP) is 5.16. The first-order valence-electron chi connectivity index (χ1n) is 10.5. The molecule has 0 radical (unpaired) electrons. The molecule has 2 aliphatic rings. The molecule has 2 atom stereocenters. The van der Waals surface area contributed by atoms with E-state index < -0.39 is 21.5 Å². The molecular formula is C24H29NO3S. The second kappa shape index (κ2) is 7.28. The smallest absolute Gasteiger partial charge is 0.267 e. The Balaban J connectivity index is 1.79. The number of benzene rings is 2. The second-order valence-electron chi connectivity index (χ2n) is 8.85. The minimum Gasteiger partial charge on any atom is -0.273 e. The fourth-order valence-corrected chi connectivity index (χ4v) is 6.79. The lowest BCUT2D eigenvalue weighted by molar-refractivity contribution is -0.167. The summed E-state index contributed by atoms with van der Waals surface area (Å²) in [4.78, 5) is 13.6. The van der Waals surface area contributed by atoms with Gasteiger partial charge in [0.05, 0.1) is 16.4 Å². The zero-order valence-corrected chi connectivity index (χ0v) is 18.2. The molecule has 0 spiro atoms. The minimum absolute atomic E-state index is 0.180. The highest BCUT2D eigenvalue weighted by atomic mass is 32.2. The topological polar surface area (TPSA) is 54.5 Å². The number of rotatable bonds is 4. The second-order valence-corrected chi connectivity index (χ2v) is 10.7. The number of β-lactam (4-membered cyclic amide) rings is 1. The summed E-state index contributed by atoms with van der Waals surface area (Å²) in [5, 5.41) is 0. The number of sulfonamides is 1. The molecule has 1 saturated heterocycles. The first-order chi connectivity index (χ1) is 13.8. The lowest BCUT2D eigenvalue weighted by Gasteiger charge is -2.57. The molecule has 2 aromatic carbocycles. The van der Waals surface area contributed by atoms with Crippen molar-refractivity contribution in [3.05, 3.63) is 65.2 Å². The third-order valence-corrected chi connectivity index (χ3v) is 8.65. The van der Waals surface area contributed by atoms with Gasteiger partial charge >= 0.3 is 0 Å². The molecule has 4 rings (SSSR count). The van der Waals surface area contributed by atoms with Crippen LogP contribution in [0.5, 0.6) is 0 Å². The highest BCUT2D eigenvalue weighted by molar-refractivity contribution is 7.89. The van der Waals surface area contributed by atoms with E-state index in [4.69, 9.17) is 0 Å². The molecule has 0 N–H and O–H groups in total. The van der Waals surface area contributed by atoms with E-state index in [9.17, 15) is 13.2 Å². The SMILES string of the molecule is Cc1ccc([C@H]2N(S(=O)(=O)c3ccc(C)cc3)C(=O)[C@]2(C)C2CCCCC2)cc1. The van der Waals surface area contributed by atoms with Crippen molar-refractivity contribution in [1.29, 1.82) is 0 Å². The molecule has 5 heteroatoms. The first-order valence-corrected chi connectivity index (χ1v) is 11.9. The van der Waals surface area contributed by atoms with Crippen molar-refractivity contribution < 1.29 is 13.2 Å². The van der Waals surface area contributed by atoms with Crippen molar-refractivity contribution in [2.24, 2.45) is 11.3 Å². The Kier molecular flexibility index (Phi) is 5.06. The molecule has 0 bridgehead atoms. The Morgan fingerprint density at radius 3 is 1.93 bits per heavy atom. The van der Waals surface area contributed by atoms with E-state index >= 15 is 0 Å². The maximum atomic E-state index is 13.5. The van der Waals surface area contributed by atoms with Crippen LogP contribution in [0.1, 0.15) is 61.8 Å². The van der Waals surface area contributed by atoms with Gasteiger partial charge in [-0.25, -0.2) is 12.7 Å². The number of hydrogen-bond donors (Lipinski definition) is 0. The van der Waals surface area contributed by atoms with Crippen LogP contribution in [0.25, 0.3) is 0 Å². The molecule has 1 saturated carbocycles. The maximum absolute atomic E-state index is 13.5. The van der Waals surface area contributed by atoms with Crippen LogP contribution in [0.3, 0.4) is 0 Å². The highest BCUT2D eigenvalue weighted by Gasteiger charge is 2.65. The number of amides is 1. The van der Waals surface area contributed by atoms with E-state index in [0.29, 0.717) is 0 Å². The summed E-state index contributed by atoms with van der Waals surface area (Å²) in [5.41, 5.74) is 2.33. The third-order valence-electron chi connectivity index (χ3n) is 6.89. The average Bonchev–Trinajstić information content (AvgIpc) is 2.72. The van der Waals surface area contributed by atoms with Crippen molar-refractivity contribution in [2.45, 2.75) is 63.8 Å². The van der Waals surface area contributed by atoms with E-state index in [2.05, 4.69) is 0 Å². The third kappa shape index (κ3) is 3.20. The maximum Gasteiger partial charge on any atom is 0.267 e. The van der Waals surface area contributed by atoms with Crippen LogP contribution in [-0.2, 0) is 14.8 Å². The largest absolute Gasteiger partial charge is 0.273 e. The zero-order chi connectivity index (χ0) is 20.8. The van der Waals surface area contributed by atoms with E-state index in [1.165, 1.54) is 6.42 Å². The minimum atomic E-state index is -3.90. The molecule has 0 unspecified atom stereocenters. The Morgan fingerprint density at radius 1 is 0.862 bits per heavy atom. The van der Waals surface area contributed by atoms with Gasteiger partial charge in [-0.2, -0.15) is 0 Å². The van der Waals surface area contributed by atoms with Gasteiger partial charge in [0.25, 0.3) is 10.0 Å². The molecule has 154 valence electrons. The van der Waals surface area contributed by atoms with E-state index in [-0.39, 0.29) is 16.7 Å². The Bertz CT molecular complexity index is 1010. The van der Waals surface area contributed by atoms with Crippen LogP contribution < -0.4 is 0 Å². The highest BCUT2D eigenvalue weighted by Crippen LogP contribution is 2.59. The molecule has 2 aromatic rings. The summed E-state index contributed by atoms with van der Waals surface area (Å²) >= 11 is 0. The van der Waals surface area contributed by atoms with Crippen molar-refractivity contribution in [3.63, 3.8) is 0 Å². The lowest BCUT2D eigenvalue weighted by Crippen LogP contribution is -2.66. The van der Waals surface area contributed by atoms with Crippen LogP contribution in [0.2, 0.25) is 0 Å². The molecule has 1 amide bonds. The van der Waals surface area contributed by atoms with Gasteiger partial charge in [-0.05, 0) is 57.2 Å². The van der Waals surface area contributed by atoms with Gasteiger partial charge in [0.1, 0.15) is 0 Å². The molecule has 29 heavy (non-hydrogen) atoms. The Labute approximate surface area is 174 Å². The molecule has 2 fully saturated rings. The van der Waals surface area contributed by atoms with Crippen LogP contribution in [0.4, 0.5) is 0 Å². The normalized spacial score (nSPS) is 25.7. The summed E-state index contributed by atoms with van der Waals surface area (Å²) in [6.07, 6.45) is 5.39. The Morgan fingerprint density at radius 2 is 1.38 bits per heavy atom. The summed E-state index contributed by atoms with van der Waals surface area (Å²) in [5.74, 6) is -0.0323. The van der Waals surface area contributed by atoms with Crippen LogP contribution in [-0.4, -0.2) is 18.6 Å². The van der Waals surface area contributed by atoms with Crippen LogP contribution >= 0.6 is 0 Å². The fourth-order valence-electron chi connectivity index (χ4n) is 5.05. The fraction of sp³-hybridized carbons (Fsp3) is 0.458. The van der Waals surface area contributed by atoms with E-state index in [1.807, 2.05) is 45.0 Å². The molecule has 4 nitrogen and oxygen atoms in total. The molecule has 1 aliphatic carbocycles. The van der Waals surface area contributed by atoms with Gasteiger partial charge in [-0.3, -0.25) is 4.79 Å². The molecule has 1 aliphatic heterocycles. The van der Waals surface area contributed by atoms with Gasteiger partial charge in [-0.1, -0.05) is 66.8 Å². The number of carbonyl (C=O) groups is 1. The van der Waals surface area contributed by atoms with Gasteiger partial charge in [0.15, 0.2) is 0 Å². The quantitative estimate of drug-likeness (QED) is 0.653.